The van der Waals surface area contributed by atoms with Gasteiger partial charge >= 0.3 is 5.97 Å². The molecule has 0 spiro atoms. The number of ether oxygens (including phenoxy) is 1. The summed E-state index contributed by atoms with van der Waals surface area (Å²) in [5, 5.41) is 0. The number of rotatable bonds is 9. The van der Waals surface area contributed by atoms with Gasteiger partial charge in [-0.15, -0.1) is 0 Å². The Morgan fingerprint density at radius 1 is 0.931 bits per heavy atom. The topological polar surface area (TPSA) is 32.8 Å². The maximum absolute atomic E-state index is 12.4. The molecular formula is C25H34N2O2. The largest absolute Gasteiger partial charge is 0.464 e. The van der Waals surface area contributed by atoms with E-state index in [1.807, 2.05) is 0 Å². The number of benzene rings is 2. The van der Waals surface area contributed by atoms with Crippen LogP contribution in [0.5, 0.6) is 0 Å². The number of carbonyl (C=O) groups is 1. The fourth-order valence-corrected chi connectivity index (χ4v) is 4.04. The first-order chi connectivity index (χ1) is 14.2. The van der Waals surface area contributed by atoms with Crippen LogP contribution in [-0.4, -0.2) is 48.1 Å². The second-order valence-electron chi connectivity index (χ2n) is 7.97. The summed E-state index contributed by atoms with van der Waals surface area (Å²) in [6.45, 7) is 9.34. The Kier molecular flexibility index (Phi) is 8.26. The van der Waals surface area contributed by atoms with Gasteiger partial charge in [0.1, 0.15) is 6.61 Å². The number of nitrogens with zero attached hydrogens (tertiary/aromatic N) is 2. The van der Waals surface area contributed by atoms with Crippen LogP contribution in [0, 0.1) is 5.92 Å². The summed E-state index contributed by atoms with van der Waals surface area (Å²) in [6.07, 6.45) is 1.68. The summed E-state index contributed by atoms with van der Waals surface area (Å²) in [4.78, 5) is 17.4. The first-order valence-corrected chi connectivity index (χ1v) is 10.9. The molecule has 0 saturated carbocycles. The Morgan fingerprint density at radius 2 is 1.52 bits per heavy atom. The molecule has 4 heteroatoms. The zero-order valence-electron chi connectivity index (χ0n) is 17.8. The summed E-state index contributed by atoms with van der Waals surface area (Å²) in [5.41, 5.74) is 2.64. The van der Waals surface area contributed by atoms with Crippen molar-refractivity contribution >= 4 is 5.97 Å². The van der Waals surface area contributed by atoms with E-state index in [9.17, 15) is 4.79 Å². The van der Waals surface area contributed by atoms with Crippen LogP contribution < -0.4 is 0 Å². The Morgan fingerprint density at radius 3 is 2.10 bits per heavy atom. The third kappa shape index (κ3) is 6.41. The standard InChI is InChI=1S/C25H34N2O2/c1-3-23(4-2)25(28)29-20-24-19-26(17-21-11-7-5-8-12-21)15-16-27(24)18-22-13-9-6-10-14-22/h5-14,23-24H,3-4,15-20H2,1-2H3/t24-/m0/s1. The van der Waals surface area contributed by atoms with Crippen LogP contribution in [0.1, 0.15) is 37.8 Å². The van der Waals surface area contributed by atoms with Crippen molar-refractivity contribution in [1.29, 1.82) is 0 Å². The van der Waals surface area contributed by atoms with Crippen molar-refractivity contribution in [2.45, 2.75) is 45.8 Å². The molecule has 0 bridgehead atoms. The molecule has 0 aromatic heterocycles. The van der Waals surface area contributed by atoms with Gasteiger partial charge in [-0.25, -0.2) is 0 Å². The van der Waals surface area contributed by atoms with Gasteiger partial charge in [-0.1, -0.05) is 74.5 Å². The van der Waals surface area contributed by atoms with Crippen LogP contribution in [0.15, 0.2) is 60.7 Å². The predicted octanol–water partition coefficient (Wildman–Crippen LogP) is 4.35. The van der Waals surface area contributed by atoms with Crippen molar-refractivity contribution in [2.24, 2.45) is 5.92 Å². The lowest BCUT2D eigenvalue weighted by Crippen LogP contribution is -2.54. The van der Waals surface area contributed by atoms with Crippen LogP contribution in [0.3, 0.4) is 0 Å². The van der Waals surface area contributed by atoms with Gasteiger partial charge in [0.2, 0.25) is 0 Å². The highest BCUT2D eigenvalue weighted by Gasteiger charge is 2.29. The first kappa shape index (κ1) is 21.5. The van der Waals surface area contributed by atoms with Crippen LogP contribution in [0.2, 0.25) is 0 Å². The molecule has 0 unspecified atom stereocenters. The van der Waals surface area contributed by atoms with E-state index in [1.165, 1.54) is 11.1 Å². The lowest BCUT2D eigenvalue weighted by molar-refractivity contribution is -0.151. The van der Waals surface area contributed by atoms with E-state index in [1.54, 1.807) is 0 Å². The number of carbonyl (C=O) groups excluding carboxylic acids is 1. The molecule has 1 aliphatic heterocycles. The molecule has 1 fully saturated rings. The van der Waals surface area contributed by atoms with Crippen LogP contribution in [0.4, 0.5) is 0 Å². The zero-order chi connectivity index (χ0) is 20.5. The fraction of sp³-hybridized carbons (Fsp3) is 0.480. The van der Waals surface area contributed by atoms with Gasteiger partial charge in [0, 0.05) is 32.7 Å². The first-order valence-electron chi connectivity index (χ1n) is 10.9. The number of piperazine rings is 1. The van der Waals surface area contributed by atoms with Gasteiger partial charge in [-0.05, 0) is 24.0 Å². The highest BCUT2D eigenvalue weighted by Crippen LogP contribution is 2.18. The minimum absolute atomic E-state index is 0.0154. The third-order valence-electron chi connectivity index (χ3n) is 5.90. The predicted molar refractivity (Wildman–Crippen MR) is 117 cm³/mol. The number of hydrogen-bond donors (Lipinski definition) is 0. The van der Waals surface area contributed by atoms with Gasteiger partial charge in [0.25, 0.3) is 0 Å². The summed E-state index contributed by atoms with van der Waals surface area (Å²) in [5.74, 6) is -0.0311. The molecule has 3 rings (SSSR count). The zero-order valence-corrected chi connectivity index (χ0v) is 17.8. The second kappa shape index (κ2) is 11.1. The fourth-order valence-electron chi connectivity index (χ4n) is 4.04. The smallest absolute Gasteiger partial charge is 0.308 e. The van der Waals surface area contributed by atoms with Gasteiger partial charge in [-0.2, -0.15) is 0 Å². The van der Waals surface area contributed by atoms with E-state index in [0.717, 1.165) is 45.6 Å². The molecular weight excluding hydrogens is 360 g/mol. The number of esters is 1. The normalized spacial score (nSPS) is 18.1. The Balaban J connectivity index is 1.64. The van der Waals surface area contributed by atoms with Crippen LogP contribution >= 0.6 is 0 Å². The maximum atomic E-state index is 12.4. The summed E-state index contributed by atoms with van der Waals surface area (Å²) >= 11 is 0. The molecule has 1 aliphatic rings. The van der Waals surface area contributed by atoms with E-state index < -0.39 is 0 Å². The molecule has 1 saturated heterocycles. The van der Waals surface area contributed by atoms with Crippen LogP contribution in [-0.2, 0) is 22.6 Å². The quantitative estimate of drug-likeness (QED) is 0.592. The van der Waals surface area contributed by atoms with Gasteiger partial charge < -0.3 is 4.74 Å². The molecule has 0 amide bonds. The molecule has 0 radical (unpaired) electrons. The van der Waals surface area contributed by atoms with E-state index in [4.69, 9.17) is 4.74 Å². The van der Waals surface area contributed by atoms with E-state index in [-0.39, 0.29) is 17.9 Å². The molecule has 0 N–H and O–H groups in total. The van der Waals surface area contributed by atoms with Crippen molar-refractivity contribution in [1.82, 2.24) is 9.80 Å². The van der Waals surface area contributed by atoms with Crippen molar-refractivity contribution in [3.63, 3.8) is 0 Å². The Hall–Kier alpha value is -2.17. The average Bonchev–Trinajstić information content (AvgIpc) is 2.76. The van der Waals surface area contributed by atoms with Crippen molar-refractivity contribution in [2.75, 3.05) is 26.2 Å². The van der Waals surface area contributed by atoms with E-state index >= 15 is 0 Å². The monoisotopic (exact) mass is 394 g/mol. The lowest BCUT2D eigenvalue weighted by atomic mass is 10.0. The van der Waals surface area contributed by atoms with Crippen molar-refractivity contribution < 1.29 is 9.53 Å². The lowest BCUT2D eigenvalue weighted by Gasteiger charge is -2.41. The van der Waals surface area contributed by atoms with E-state index in [0.29, 0.717) is 6.61 Å². The summed E-state index contributed by atoms with van der Waals surface area (Å²) in [6, 6.07) is 21.4. The second-order valence-corrected chi connectivity index (χ2v) is 7.97. The molecule has 4 nitrogen and oxygen atoms in total. The minimum atomic E-state index is -0.0464. The third-order valence-corrected chi connectivity index (χ3v) is 5.90. The van der Waals surface area contributed by atoms with Gasteiger partial charge in [-0.3, -0.25) is 14.6 Å². The Bertz CT molecular complexity index is 731. The highest BCUT2D eigenvalue weighted by atomic mass is 16.5. The summed E-state index contributed by atoms with van der Waals surface area (Å²) in [7, 11) is 0. The molecule has 1 heterocycles. The Labute approximate surface area is 175 Å². The number of hydrogen-bond acceptors (Lipinski definition) is 4. The average molecular weight is 395 g/mol. The maximum Gasteiger partial charge on any atom is 0.308 e. The highest BCUT2D eigenvalue weighted by molar-refractivity contribution is 5.72. The molecule has 0 aliphatic carbocycles. The van der Waals surface area contributed by atoms with Gasteiger partial charge in [0.15, 0.2) is 0 Å². The van der Waals surface area contributed by atoms with Crippen LogP contribution in [0.25, 0.3) is 0 Å². The molecule has 156 valence electrons. The van der Waals surface area contributed by atoms with Crippen molar-refractivity contribution in [3.8, 4) is 0 Å². The molecule has 29 heavy (non-hydrogen) atoms. The molecule has 1 atom stereocenters. The molecule has 2 aromatic rings. The SMILES string of the molecule is CCC(CC)C(=O)OC[C@@H]1CN(Cc2ccccc2)CCN1Cc1ccccc1. The van der Waals surface area contributed by atoms with Gasteiger partial charge in [0.05, 0.1) is 12.0 Å². The minimum Gasteiger partial charge on any atom is -0.464 e. The molecule has 2 aromatic carbocycles. The van der Waals surface area contributed by atoms with Crippen molar-refractivity contribution in [3.05, 3.63) is 71.8 Å². The van der Waals surface area contributed by atoms with E-state index in [2.05, 4.69) is 84.3 Å². The summed E-state index contributed by atoms with van der Waals surface area (Å²) < 4.78 is 5.78.